The van der Waals surface area contributed by atoms with Crippen LogP contribution in [-0.2, 0) is 37.5 Å². The zero-order valence-corrected chi connectivity index (χ0v) is 38.3. The molecule has 0 aliphatic carbocycles. The minimum Gasteiger partial charge on any atom is -0.480 e. The first-order valence-corrected chi connectivity index (χ1v) is 23.9. The number of carbonyl (C=O) groups is 3. The number of hydrogen-bond acceptors (Lipinski definition) is 11. The average molecular weight is 892 g/mol. The lowest BCUT2D eigenvalue weighted by Gasteiger charge is -2.20. The second-order valence-corrected chi connectivity index (χ2v) is 16.2. The molecule has 0 bridgehead atoms. The van der Waals surface area contributed by atoms with E-state index < -0.39 is 69.9 Å². The molecule has 0 aromatic heterocycles. The summed E-state index contributed by atoms with van der Waals surface area (Å²) in [5.74, 6) is -2.76. The zero-order valence-electron chi connectivity index (χ0n) is 37.4. The molecule has 0 heterocycles. The van der Waals surface area contributed by atoms with Gasteiger partial charge in [-0.05, 0) is 96.3 Å². The Morgan fingerprint density at radius 3 is 1.60 bits per heavy atom. The van der Waals surface area contributed by atoms with Gasteiger partial charge in [-0.2, -0.15) is 0 Å². The van der Waals surface area contributed by atoms with Crippen molar-refractivity contribution >= 4 is 25.7 Å². The number of hydrogen-bond donors (Lipinski definition) is 5. The van der Waals surface area contributed by atoms with Gasteiger partial charge in [-0.1, -0.05) is 130 Å². The smallest absolute Gasteiger partial charge is 0.472 e. The molecule has 13 nitrogen and oxygen atoms in total. The lowest BCUT2D eigenvalue weighted by atomic mass is 10.0. The third kappa shape index (κ3) is 39.2. The summed E-state index contributed by atoms with van der Waals surface area (Å²) in [5.41, 5.74) is 5.32. The largest absolute Gasteiger partial charge is 0.480 e. The fraction of sp³-hybridized carbons (Fsp3) is 0.604. The van der Waals surface area contributed by atoms with Gasteiger partial charge >= 0.3 is 25.7 Å². The summed E-state index contributed by atoms with van der Waals surface area (Å²) in [6.45, 7) is 2.31. The normalized spacial score (nSPS) is 15.6. The molecule has 14 heteroatoms. The number of aliphatic hydroxyl groups is 2. The first kappa shape index (κ1) is 58.3. The van der Waals surface area contributed by atoms with E-state index in [1.54, 1.807) is 6.08 Å². The van der Waals surface area contributed by atoms with Crippen molar-refractivity contribution in [2.24, 2.45) is 5.73 Å². The molecule has 0 aliphatic rings. The van der Waals surface area contributed by atoms with E-state index in [9.17, 15) is 34.1 Å². The van der Waals surface area contributed by atoms with Crippen LogP contribution >= 0.6 is 7.82 Å². The fourth-order valence-electron chi connectivity index (χ4n) is 5.37. The van der Waals surface area contributed by atoms with E-state index in [2.05, 4.69) is 97.4 Å². The van der Waals surface area contributed by atoms with Gasteiger partial charge in [0.2, 0.25) is 0 Å². The molecular weight excluding hydrogens is 813 g/mol. The number of rotatable bonds is 40. The molecule has 0 radical (unpaired) electrons. The molecule has 0 aromatic rings. The topological polar surface area (TPSA) is 212 Å². The van der Waals surface area contributed by atoms with Crippen molar-refractivity contribution < 1.29 is 57.7 Å². The van der Waals surface area contributed by atoms with Crippen LogP contribution in [-0.4, -0.2) is 82.3 Å². The van der Waals surface area contributed by atoms with E-state index in [1.165, 1.54) is 19.3 Å². The number of nitrogens with two attached hydrogens (primary N) is 1. The van der Waals surface area contributed by atoms with Gasteiger partial charge in [-0.3, -0.25) is 23.4 Å². The number of aliphatic carboxylic acids is 1. The molecule has 62 heavy (non-hydrogen) atoms. The first-order valence-electron chi connectivity index (χ1n) is 22.4. The van der Waals surface area contributed by atoms with Crippen molar-refractivity contribution in [2.45, 2.75) is 167 Å². The summed E-state index contributed by atoms with van der Waals surface area (Å²) in [7, 11) is -4.81. The standard InChI is InChI=1S/C48H78NO12P/c1-3-5-7-9-11-13-15-17-18-19-20-21-22-23-25-27-29-31-33-37-46(52)58-39-42(40-59-62(56,57)60-41-43(49)48(54)55)61-47(53)38-34-36-45(51)44(50)35-32-30-28-26-24-16-14-12-10-8-6-4-2/h5,7,11-14,17-18,20-21,23-26,30,32,42-45,50-51H,3-4,6,8-10,15-16,19,22,27-29,31,33-41,49H2,1-2H3,(H,54,55)(H,56,57)/b7-5-,13-11-,14-12-,18-17-,21-20-,25-23-,26-24-,32-30-/t42-,43+,44?,45?/m1/s1. The van der Waals surface area contributed by atoms with Crippen molar-refractivity contribution in [2.75, 3.05) is 19.8 Å². The van der Waals surface area contributed by atoms with E-state index in [0.717, 1.165) is 64.2 Å². The predicted octanol–water partition coefficient (Wildman–Crippen LogP) is 10.0. The third-order valence-corrected chi connectivity index (χ3v) is 9.97. The average Bonchev–Trinajstić information content (AvgIpc) is 3.24. The quantitative estimate of drug-likeness (QED) is 0.0168. The highest BCUT2D eigenvalue weighted by Gasteiger charge is 2.28. The second-order valence-electron chi connectivity index (χ2n) is 14.8. The number of allylic oxidation sites excluding steroid dienone is 15. The maximum Gasteiger partial charge on any atom is 0.472 e. The van der Waals surface area contributed by atoms with Gasteiger partial charge in [-0.15, -0.1) is 0 Å². The van der Waals surface area contributed by atoms with Gasteiger partial charge in [-0.25, -0.2) is 4.57 Å². The number of phosphoric acid groups is 1. The predicted molar refractivity (Wildman–Crippen MR) is 247 cm³/mol. The highest BCUT2D eigenvalue weighted by atomic mass is 31.2. The lowest BCUT2D eigenvalue weighted by Crippen LogP contribution is -2.34. The van der Waals surface area contributed by atoms with Crippen LogP contribution < -0.4 is 5.73 Å². The van der Waals surface area contributed by atoms with Crippen LogP contribution in [0.25, 0.3) is 0 Å². The van der Waals surface area contributed by atoms with E-state index in [4.69, 9.17) is 24.8 Å². The molecule has 352 valence electrons. The molecule has 0 amide bonds. The number of phosphoric ester groups is 1. The molecule has 0 aliphatic heterocycles. The highest BCUT2D eigenvalue weighted by molar-refractivity contribution is 7.47. The number of carbonyl (C=O) groups excluding carboxylic acids is 2. The van der Waals surface area contributed by atoms with Crippen LogP contribution in [0.3, 0.4) is 0 Å². The molecule has 0 rings (SSSR count). The van der Waals surface area contributed by atoms with E-state index >= 15 is 0 Å². The maximum absolute atomic E-state index is 12.7. The molecule has 0 saturated carbocycles. The Morgan fingerprint density at radius 1 is 0.581 bits per heavy atom. The van der Waals surface area contributed by atoms with Gasteiger partial charge < -0.3 is 35.4 Å². The first-order chi connectivity index (χ1) is 29.9. The van der Waals surface area contributed by atoms with Crippen molar-refractivity contribution in [3.63, 3.8) is 0 Å². The summed E-state index contributed by atoms with van der Waals surface area (Å²) in [6, 6.07) is -1.58. The Hall–Kier alpha value is -3.68. The molecule has 0 fully saturated rings. The highest BCUT2D eigenvalue weighted by Crippen LogP contribution is 2.43. The summed E-state index contributed by atoms with van der Waals surface area (Å²) in [6.07, 6.45) is 45.0. The van der Waals surface area contributed by atoms with Crippen molar-refractivity contribution in [1.82, 2.24) is 0 Å². The number of unbranched alkanes of at least 4 members (excludes halogenated alkanes) is 6. The number of esters is 2. The number of ether oxygens (including phenoxy) is 2. The van der Waals surface area contributed by atoms with Gasteiger partial charge in [0.25, 0.3) is 0 Å². The van der Waals surface area contributed by atoms with Crippen LogP contribution in [0.4, 0.5) is 0 Å². The minimum atomic E-state index is -4.81. The molecular formula is C48H78NO12P. The van der Waals surface area contributed by atoms with Gasteiger partial charge in [0, 0.05) is 12.8 Å². The Labute approximate surface area is 371 Å². The van der Waals surface area contributed by atoms with Crippen molar-refractivity contribution in [3.8, 4) is 0 Å². The Bertz CT molecular complexity index is 1450. The molecule has 6 N–H and O–H groups in total. The van der Waals surface area contributed by atoms with Gasteiger partial charge in [0.15, 0.2) is 6.10 Å². The Morgan fingerprint density at radius 2 is 1.06 bits per heavy atom. The fourth-order valence-corrected chi connectivity index (χ4v) is 6.15. The Kier molecular flexibility index (Phi) is 38.9. The van der Waals surface area contributed by atoms with E-state index in [0.29, 0.717) is 12.8 Å². The molecule has 5 atom stereocenters. The zero-order chi connectivity index (χ0) is 45.9. The van der Waals surface area contributed by atoms with Gasteiger partial charge in [0.05, 0.1) is 25.4 Å². The van der Waals surface area contributed by atoms with Crippen LogP contribution in [0.2, 0.25) is 0 Å². The van der Waals surface area contributed by atoms with Crippen molar-refractivity contribution in [1.29, 1.82) is 0 Å². The Balaban J connectivity index is 4.66. The third-order valence-electron chi connectivity index (χ3n) is 9.02. The number of carboxylic acid groups (broad SMARTS) is 1. The van der Waals surface area contributed by atoms with E-state index in [1.807, 2.05) is 12.2 Å². The summed E-state index contributed by atoms with van der Waals surface area (Å²) in [5, 5.41) is 29.6. The summed E-state index contributed by atoms with van der Waals surface area (Å²) in [4.78, 5) is 46.1. The summed E-state index contributed by atoms with van der Waals surface area (Å²) < 4.78 is 32.5. The van der Waals surface area contributed by atoms with Crippen molar-refractivity contribution in [3.05, 3.63) is 97.2 Å². The second kappa shape index (κ2) is 41.3. The number of aliphatic hydroxyl groups excluding tert-OH is 2. The monoisotopic (exact) mass is 892 g/mol. The maximum atomic E-state index is 12.7. The molecule has 0 spiro atoms. The molecule has 3 unspecified atom stereocenters. The van der Waals surface area contributed by atoms with Crippen LogP contribution in [0.15, 0.2) is 97.2 Å². The van der Waals surface area contributed by atoms with Crippen LogP contribution in [0.1, 0.15) is 142 Å². The van der Waals surface area contributed by atoms with Crippen LogP contribution in [0.5, 0.6) is 0 Å². The minimum absolute atomic E-state index is 0.106. The molecule has 0 aromatic carbocycles. The van der Waals surface area contributed by atoms with E-state index in [-0.39, 0.29) is 32.1 Å². The van der Waals surface area contributed by atoms with Crippen LogP contribution in [0, 0.1) is 0 Å². The van der Waals surface area contributed by atoms with Gasteiger partial charge in [0.1, 0.15) is 12.6 Å². The SMILES string of the molecule is CC/C=C\C/C=C\C/C=C\C/C=C\C/C=C\CCCCCC(=O)OC[C@H](COP(=O)(O)OC[C@H](N)C(=O)O)OC(=O)CCCC(O)C(O)C/C=C\C/C=C\C/C=C\CCCCC. The summed E-state index contributed by atoms with van der Waals surface area (Å²) >= 11 is 0. The lowest BCUT2D eigenvalue weighted by molar-refractivity contribution is -0.161. The number of carboxylic acids is 1. The molecule has 0 saturated heterocycles.